The quantitative estimate of drug-likeness (QED) is 0.595. The van der Waals surface area contributed by atoms with Crippen molar-refractivity contribution in [1.29, 1.82) is 0 Å². The monoisotopic (exact) mass is 343 g/mol. The van der Waals surface area contributed by atoms with Gasteiger partial charge >= 0.3 is 0 Å². The van der Waals surface area contributed by atoms with E-state index in [2.05, 4.69) is 17.2 Å². The van der Waals surface area contributed by atoms with Crippen LogP contribution in [0.5, 0.6) is 0 Å². The Morgan fingerprint density at radius 3 is 2.60 bits per heavy atom. The highest BCUT2D eigenvalue weighted by Crippen LogP contribution is 2.18. The molecule has 4 amide bonds. The third kappa shape index (κ3) is 4.32. The highest BCUT2D eigenvalue weighted by molar-refractivity contribution is 6.07. The molecule has 1 heterocycles. The second-order valence-electron chi connectivity index (χ2n) is 6.05. The third-order valence-corrected chi connectivity index (χ3v) is 3.85. The zero-order valence-corrected chi connectivity index (χ0v) is 14.2. The maximum Gasteiger partial charge on any atom is 0.252 e. The maximum atomic E-state index is 12.3. The molecular weight excluding hydrogens is 322 g/mol. The molecule has 2 rings (SSSR count). The summed E-state index contributed by atoms with van der Waals surface area (Å²) >= 11 is 0. The van der Waals surface area contributed by atoms with E-state index in [-0.39, 0.29) is 36.6 Å². The minimum absolute atomic E-state index is 0.0206. The summed E-state index contributed by atoms with van der Waals surface area (Å²) < 4.78 is 0. The number of likely N-dealkylation sites (tertiary alicyclic amines) is 1. The van der Waals surface area contributed by atoms with Gasteiger partial charge in [0, 0.05) is 11.7 Å². The molecule has 0 spiro atoms. The van der Waals surface area contributed by atoms with E-state index in [9.17, 15) is 19.2 Å². The standard InChI is InChI=1S/C18H21N3O4/c1-4-15(22)19-13-8-6-5-7-12(13)9-16(23)20-14-10-17(24)21(11(2)3)18(14)25/h4-8,11,14H,1,9-10H2,2-3H3,(H,19,22)(H,20,23). The first-order chi connectivity index (χ1) is 11.8. The lowest BCUT2D eigenvalue weighted by atomic mass is 10.1. The van der Waals surface area contributed by atoms with Crippen molar-refractivity contribution in [2.75, 3.05) is 5.32 Å². The smallest absolute Gasteiger partial charge is 0.252 e. The lowest BCUT2D eigenvalue weighted by Gasteiger charge is -2.19. The van der Waals surface area contributed by atoms with Gasteiger partial charge in [-0.05, 0) is 31.6 Å². The number of carbonyl (C=O) groups is 4. The van der Waals surface area contributed by atoms with Crippen molar-refractivity contribution in [3.8, 4) is 0 Å². The average Bonchev–Trinajstić information content (AvgIpc) is 2.82. The first-order valence-corrected chi connectivity index (χ1v) is 8.00. The Kier molecular flexibility index (Phi) is 5.69. The fourth-order valence-corrected chi connectivity index (χ4v) is 2.70. The molecule has 1 aliphatic heterocycles. The van der Waals surface area contributed by atoms with Crippen LogP contribution in [0.1, 0.15) is 25.8 Å². The van der Waals surface area contributed by atoms with Crippen molar-refractivity contribution in [1.82, 2.24) is 10.2 Å². The van der Waals surface area contributed by atoms with E-state index >= 15 is 0 Å². The number of rotatable bonds is 6. The number of imide groups is 1. The van der Waals surface area contributed by atoms with Crippen molar-refractivity contribution >= 4 is 29.3 Å². The van der Waals surface area contributed by atoms with Gasteiger partial charge in [-0.2, -0.15) is 0 Å². The minimum Gasteiger partial charge on any atom is -0.343 e. The Hall–Kier alpha value is -2.96. The summed E-state index contributed by atoms with van der Waals surface area (Å²) in [7, 11) is 0. The number of carbonyl (C=O) groups excluding carboxylic acids is 4. The fraction of sp³-hybridized carbons (Fsp3) is 0.333. The van der Waals surface area contributed by atoms with Gasteiger partial charge in [-0.1, -0.05) is 24.8 Å². The normalized spacial score (nSPS) is 16.9. The van der Waals surface area contributed by atoms with Crippen molar-refractivity contribution in [3.63, 3.8) is 0 Å². The number of nitrogens with zero attached hydrogens (tertiary/aromatic N) is 1. The van der Waals surface area contributed by atoms with Crippen molar-refractivity contribution in [2.45, 2.75) is 38.8 Å². The number of nitrogens with one attached hydrogen (secondary N) is 2. The Balaban J connectivity index is 2.04. The number of para-hydroxylation sites is 1. The lowest BCUT2D eigenvalue weighted by Crippen LogP contribution is -2.44. The molecule has 132 valence electrons. The molecule has 0 aromatic heterocycles. The summed E-state index contributed by atoms with van der Waals surface area (Å²) in [6.07, 6.45) is 1.09. The lowest BCUT2D eigenvalue weighted by molar-refractivity contribution is -0.141. The van der Waals surface area contributed by atoms with Gasteiger partial charge in [0.1, 0.15) is 6.04 Å². The van der Waals surface area contributed by atoms with E-state index in [1.165, 1.54) is 4.90 Å². The summed E-state index contributed by atoms with van der Waals surface area (Å²) in [6.45, 7) is 6.88. The summed E-state index contributed by atoms with van der Waals surface area (Å²) in [5, 5.41) is 5.23. The van der Waals surface area contributed by atoms with E-state index in [0.29, 0.717) is 11.3 Å². The molecular formula is C18H21N3O4. The molecule has 0 saturated carbocycles. The van der Waals surface area contributed by atoms with Crippen LogP contribution < -0.4 is 10.6 Å². The van der Waals surface area contributed by atoms with E-state index in [1.54, 1.807) is 38.1 Å². The molecule has 1 atom stereocenters. The molecule has 0 radical (unpaired) electrons. The molecule has 1 aromatic rings. The Morgan fingerprint density at radius 1 is 1.32 bits per heavy atom. The topological polar surface area (TPSA) is 95.6 Å². The number of benzene rings is 1. The van der Waals surface area contributed by atoms with Crippen LogP contribution in [0.3, 0.4) is 0 Å². The maximum absolute atomic E-state index is 12.3. The van der Waals surface area contributed by atoms with Gasteiger partial charge in [0.05, 0.1) is 12.8 Å². The van der Waals surface area contributed by atoms with Crippen LogP contribution in [0, 0.1) is 0 Å². The van der Waals surface area contributed by atoms with Gasteiger partial charge < -0.3 is 10.6 Å². The molecule has 7 heteroatoms. The predicted molar refractivity (Wildman–Crippen MR) is 92.5 cm³/mol. The second kappa shape index (κ2) is 7.74. The zero-order chi connectivity index (χ0) is 18.6. The predicted octanol–water partition coefficient (Wildman–Crippen LogP) is 1.01. The fourth-order valence-electron chi connectivity index (χ4n) is 2.70. The molecule has 0 bridgehead atoms. The number of hydrogen-bond acceptors (Lipinski definition) is 4. The number of amides is 4. The summed E-state index contributed by atoms with van der Waals surface area (Å²) in [4.78, 5) is 49.0. The molecule has 2 N–H and O–H groups in total. The molecule has 1 saturated heterocycles. The van der Waals surface area contributed by atoms with Gasteiger partial charge in [-0.15, -0.1) is 0 Å². The van der Waals surface area contributed by atoms with Crippen LogP contribution in [-0.2, 0) is 25.6 Å². The van der Waals surface area contributed by atoms with Gasteiger partial charge in [0.2, 0.25) is 17.7 Å². The zero-order valence-electron chi connectivity index (χ0n) is 14.2. The highest BCUT2D eigenvalue weighted by atomic mass is 16.2. The Morgan fingerprint density at radius 2 is 2.00 bits per heavy atom. The van der Waals surface area contributed by atoms with Crippen molar-refractivity contribution in [2.24, 2.45) is 0 Å². The van der Waals surface area contributed by atoms with Gasteiger partial charge in [0.25, 0.3) is 5.91 Å². The molecule has 1 unspecified atom stereocenters. The molecule has 1 fully saturated rings. The third-order valence-electron chi connectivity index (χ3n) is 3.85. The second-order valence-corrected chi connectivity index (χ2v) is 6.05. The summed E-state index contributed by atoms with van der Waals surface area (Å²) in [5.74, 6) is -1.44. The Labute approximate surface area is 146 Å². The molecule has 25 heavy (non-hydrogen) atoms. The van der Waals surface area contributed by atoms with E-state index in [1.807, 2.05) is 0 Å². The summed E-state index contributed by atoms with van der Waals surface area (Å²) in [6, 6.07) is 5.79. The van der Waals surface area contributed by atoms with Gasteiger partial charge in [-0.3, -0.25) is 24.1 Å². The van der Waals surface area contributed by atoms with Crippen molar-refractivity contribution < 1.29 is 19.2 Å². The van der Waals surface area contributed by atoms with E-state index in [4.69, 9.17) is 0 Å². The first kappa shape index (κ1) is 18.4. The Bertz CT molecular complexity index is 727. The van der Waals surface area contributed by atoms with Crippen LogP contribution in [0.4, 0.5) is 5.69 Å². The van der Waals surface area contributed by atoms with Crippen LogP contribution in [0.25, 0.3) is 0 Å². The van der Waals surface area contributed by atoms with E-state index in [0.717, 1.165) is 6.08 Å². The van der Waals surface area contributed by atoms with Gasteiger partial charge in [0.15, 0.2) is 0 Å². The largest absolute Gasteiger partial charge is 0.343 e. The van der Waals surface area contributed by atoms with Crippen LogP contribution in [0.15, 0.2) is 36.9 Å². The minimum atomic E-state index is -0.836. The average molecular weight is 343 g/mol. The number of hydrogen-bond donors (Lipinski definition) is 2. The summed E-state index contributed by atoms with van der Waals surface area (Å²) in [5.41, 5.74) is 1.10. The molecule has 1 aromatic carbocycles. The first-order valence-electron chi connectivity index (χ1n) is 8.00. The molecule has 0 aliphatic carbocycles. The molecule has 1 aliphatic rings. The molecule has 7 nitrogen and oxygen atoms in total. The van der Waals surface area contributed by atoms with Crippen LogP contribution >= 0.6 is 0 Å². The van der Waals surface area contributed by atoms with Crippen LogP contribution in [-0.4, -0.2) is 40.6 Å². The van der Waals surface area contributed by atoms with Gasteiger partial charge in [-0.25, -0.2) is 0 Å². The SMILES string of the molecule is C=CC(=O)Nc1ccccc1CC(=O)NC1CC(=O)N(C(C)C)C1=O. The van der Waals surface area contributed by atoms with E-state index < -0.39 is 11.9 Å². The highest BCUT2D eigenvalue weighted by Gasteiger charge is 2.40. The van der Waals surface area contributed by atoms with Crippen molar-refractivity contribution in [3.05, 3.63) is 42.5 Å². The van der Waals surface area contributed by atoms with Crippen LogP contribution in [0.2, 0.25) is 0 Å². The number of anilines is 1.